The highest BCUT2D eigenvalue weighted by Crippen LogP contribution is 2.32. The first-order chi connectivity index (χ1) is 20.6. The molecule has 0 aliphatic rings. The molecule has 0 radical (unpaired) electrons. The van der Waals surface area contributed by atoms with Crippen LogP contribution in [-0.4, -0.2) is 29.2 Å². The second-order valence-corrected chi connectivity index (χ2v) is 10.8. The molecule has 42 heavy (non-hydrogen) atoms. The SMILES string of the molecule is CCCCC(CN(CC(CCCC)c1cccc(Oc2ccccc2)c1)C(=O)O)c1cccc(Oc2ccccc2)c1. The van der Waals surface area contributed by atoms with Gasteiger partial charge in [-0.25, -0.2) is 4.79 Å². The van der Waals surface area contributed by atoms with Crippen LogP contribution >= 0.6 is 0 Å². The van der Waals surface area contributed by atoms with E-state index in [0.717, 1.165) is 72.6 Å². The van der Waals surface area contributed by atoms with Crippen LogP contribution in [0.2, 0.25) is 0 Å². The predicted molar refractivity (Wildman–Crippen MR) is 170 cm³/mol. The fourth-order valence-corrected chi connectivity index (χ4v) is 5.30. The second kappa shape index (κ2) is 16.3. The molecule has 0 fully saturated rings. The number of rotatable bonds is 16. The minimum atomic E-state index is -0.883. The van der Waals surface area contributed by atoms with E-state index in [2.05, 4.69) is 38.1 Å². The summed E-state index contributed by atoms with van der Waals surface area (Å²) in [5.41, 5.74) is 2.21. The molecule has 0 aliphatic carbocycles. The van der Waals surface area contributed by atoms with E-state index < -0.39 is 6.09 Å². The van der Waals surface area contributed by atoms with Crippen molar-refractivity contribution in [3.63, 3.8) is 0 Å². The third-order valence-corrected chi connectivity index (χ3v) is 7.58. The lowest BCUT2D eigenvalue weighted by Crippen LogP contribution is -2.37. The van der Waals surface area contributed by atoms with Crippen LogP contribution in [0.4, 0.5) is 4.79 Å². The largest absolute Gasteiger partial charge is 0.465 e. The molecule has 0 saturated heterocycles. The van der Waals surface area contributed by atoms with Gasteiger partial charge in [-0.3, -0.25) is 0 Å². The number of para-hydroxylation sites is 2. The number of ether oxygens (including phenoxy) is 2. The normalized spacial score (nSPS) is 12.3. The summed E-state index contributed by atoms with van der Waals surface area (Å²) in [6, 6.07) is 35.7. The van der Waals surface area contributed by atoms with Crippen molar-refractivity contribution in [1.29, 1.82) is 0 Å². The molecule has 4 rings (SSSR count). The predicted octanol–water partition coefficient (Wildman–Crippen LogP) is 10.5. The Bertz CT molecular complexity index is 1260. The lowest BCUT2D eigenvalue weighted by Gasteiger charge is -2.30. The Balaban J connectivity index is 1.54. The molecular formula is C37H43NO4. The molecule has 1 amide bonds. The van der Waals surface area contributed by atoms with Crippen LogP contribution in [0.15, 0.2) is 109 Å². The molecular weight excluding hydrogens is 522 g/mol. The number of carboxylic acid groups (broad SMARTS) is 1. The third-order valence-electron chi connectivity index (χ3n) is 7.58. The van der Waals surface area contributed by atoms with Crippen LogP contribution in [0, 0.1) is 0 Å². The van der Waals surface area contributed by atoms with Gasteiger partial charge in [0.1, 0.15) is 23.0 Å². The summed E-state index contributed by atoms with van der Waals surface area (Å²) in [5, 5.41) is 10.4. The van der Waals surface area contributed by atoms with Gasteiger partial charge in [-0.1, -0.05) is 100 Å². The average molecular weight is 566 g/mol. The van der Waals surface area contributed by atoms with E-state index in [4.69, 9.17) is 9.47 Å². The summed E-state index contributed by atoms with van der Waals surface area (Å²) in [6.07, 6.45) is 5.10. The van der Waals surface area contributed by atoms with Gasteiger partial charge in [-0.05, 0) is 72.5 Å². The van der Waals surface area contributed by atoms with Crippen molar-refractivity contribution < 1.29 is 19.4 Å². The monoisotopic (exact) mass is 565 g/mol. The van der Waals surface area contributed by atoms with E-state index in [-0.39, 0.29) is 11.8 Å². The lowest BCUT2D eigenvalue weighted by atomic mass is 9.90. The molecule has 0 aromatic heterocycles. The number of amides is 1. The quantitative estimate of drug-likeness (QED) is 0.147. The number of hydrogen-bond donors (Lipinski definition) is 1. The van der Waals surface area contributed by atoms with Crippen LogP contribution in [0.1, 0.15) is 75.3 Å². The van der Waals surface area contributed by atoms with Gasteiger partial charge in [0.05, 0.1) is 0 Å². The first kappa shape index (κ1) is 30.7. The maximum absolute atomic E-state index is 12.7. The zero-order valence-corrected chi connectivity index (χ0v) is 24.8. The molecule has 0 saturated carbocycles. The fraction of sp³-hybridized carbons (Fsp3) is 0.324. The zero-order chi connectivity index (χ0) is 29.6. The van der Waals surface area contributed by atoms with Crippen molar-refractivity contribution in [3.05, 3.63) is 120 Å². The lowest BCUT2D eigenvalue weighted by molar-refractivity contribution is 0.137. The summed E-state index contributed by atoms with van der Waals surface area (Å²) in [4.78, 5) is 14.3. The first-order valence-electron chi connectivity index (χ1n) is 15.2. The second-order valence-electron chi connectivity index (χ2n) is 10.8. The third kappa shape index (κ3) is 9.41. The van der Waals surface area contributed by atoms with Gasteiger partial charge in [-0.15, -0.1) is 0 Å². The van der Waals surface area contributed by atoms with E-state index >= 15 is 0 Å². The first-order valence-corrected chi connectivity index (χ1v) is 15.2. The van der Waals surface area contributed by atoms with Crippen molar-refractivity contribution in [2.75, 3.05) is 13.1 Å². The van der Waals surface area contributed by atoms with Crippen LogP contribution in [0.3, 0.4) is 0 Å². The molecule has 4 aromatic carbocycles. The maximum Gasteiger partial charge on any atom is 0.407 e. The van der Waals surface area contributed by atoms with E-state index in [0.29, 0.717) is 13.1 Å². The van der Waals surface area contributed by atoms with E-state index in [1.54, 1.807) is 4.90 Å². The molecule has 1 N–H and O–H groups in total. The Morgan fingerprint density at radius 2 is 1.02 bits per heavy atom. The van der Waals surface area contributed by atoms with Crippen molar-refractivity contribution >= 4 is 6.09 Å². The van der Waals surface area contributed by atoms with Crippen LogP contribution in [-0.2, 0) is 0 Å². The van der Waals surface area contributed by atoms with Crippen molar-refractivity contribution in [1.82, 2.24) is 4.90 Å². The van der Waals surface area contributed by atoms with Gasteiger partial charge in [0.15, 0.2) is 0 Å². The zero-order valence-electron chi connectivity index (χ0n) is 24.8. The molecule has 2 atom stereocenters. The number of carbonyl (C=O) groups is 1. The Kier molecular flexibility index (Phi) is 11.9. The average Bonchev–Trinajstić information content (AvgIpc) is 3.01. The summed E-state index contributed by atoms with van der Waals surface area (Å²) >= 11 is 0. The molecule has 4 aromatic rings. The molecule has 0 spiro atoms. The topological polar surface area (TPSA) is 59.0 Å². The van der Waals surface area contributed by atoms with E-state index in [1.807, 2.05) is 84.9 Å². The van der Waals surface area contributed by atoms with Crippen LogP contribution in [0.5, 0.6) is 23.0 Å². The Labute approximate surface area is 250 Å². The summed E-state index contributed by atoms with van der Waals surface area (Å²) in [5.74, 6) is 3.23. The van der Waals surface area contributed by atoms with Gasteiger partial charge in [0.25, 0.3) is 0 Å². The van der Waals surface area contributed by atoms with E-state index in [1.165, 1.54) is 0 Å². The van der Waals surface area contributed by atoms with Gasteiger partial charge in [0.2, 0.25) is 0 Å². The Morgan fingerprint density at radius 3 is 1.40 bits per heavy atom. The Hall–Kier alpha value is -4.25. The van der Waals surface area contributed by atoms with Gasteiger partial charge in [-0.2, -0.15) is 0 Å². The van der Waals surface area contributed by atoms with Crippen LogP contribution < -0.4 is 9.47 Å². The van der Waals surface area contributed by atoms with Gasteiger partial charge in [0, 0.05) is 24.9 Å². The number of unbranched alkanes of at least 4 members (excludes halogenated alkanes) is 2. The molecule has 220 valence electrons. The Morgan fingerprint density at radius 1 is 0.619 bits per heavy atom. The van der Waals surface area contributed by atoms with E-state index in [9.17, 15) is 9.90 Å². The number of nitrogens with zero attached hydrogens (tertiary/aromatic N) is 1. The molecule has 5 nitrogen and oxygen atoms in total. The summed E-state index contributed by atoms with van der Waals surface area (Å²) in [6.45, 7) is 5.22. The molecule has 0 heterocycles. The van der Waals surface area contributed by atoms with Crippen LogP contribution in [0.25, 0.3) is 0 Å². The highest BCUT2D eigenvalue weighted by molar-refractivity contribution is 5.65. The minimum Gasteiger partial charge on any atom is -0.465 e. The number of benzene rings is 4. The molecule has 5 heteroatoms. The van der Waals surface area contributed by atoms with Crippen molar-refractivity contribution in [2.45, 2.75) is 64.2 Å². The molecule has 0 bridgehead atoms. The summed E-state index contributed by atoms with van der Waals surface area (Å²) < 4.78 is 12.2. The number of hydrogen-bond acceptors (Lipinski definition) is 3. The van der Waals surface area contributed by atoms with Crippen molar-refractivity contribution in [3.8, 4) is 23.0 Å². The highest BCUT2D eigenvalue weighted by Gasteiger charge is 2.24. The highest BCUT2D eigenvalue weighted by atomic mass is 16.5. The minimum absolute atomic E-state index is 0.0694. The van der Waals surface area contributed by atoms with Gasteiger partial charge >= 0.3 is 6.09 Å². The summed E-state index contributed by atoms with van der Waals surface area (Å²) in [7, 11) is 0. The maximum atomic E-state index is 12.7. The molecule has 2 unspecified atom stereocenters. The van der Waals surface area contributed by atoms with Crippen molar-refractivity contribution in [2.24, 2.45) is 0 Å². The molecule has 0 aliphatic heterocycles. The fourth-order valence-electron chi connectivity index (χ4n) is 5.30. The van der Waals surface area contributed by atoms with Gasteiger partial charge < -0.3 is 19.5 Å². The standard InChI is InChI=1S/C37H43NO4/c1-3-5-15-31(29-17-13-23-35(25-29)41-33-19-9-7-10-20-33)27-38(37(39)40)28-32(16-6-4-2)30-18-14-24-36(26-30)42-34-21-11-8-12-22-34/h7-14,17-26,31-32H,3-6,15-16,27-28H2,1-2H3,(H,39,40). The smallest absolute Gasteiger partial charge is 0.407 e.